The number of benzene rings is 1. The molecule has 0 saturated carbocycles. The second kappa shape index (κ2) is 11.4. The number of carbonyl (C=O) groups excluding carboxylic acids is 1. The van der Waals surface area contributed by atoms with E-state index in [0.717, 1.165) is 0 Å². The molecule has 152 valence electrons. The van der Waals surface area contributed by atoms with E-state index in [9.17, 15) is 19.5 Å². The van der Waals surface area contributed by atoms with E-state index in [1.54, 1.807) is 0 Å². The summed E-state index contributed by atoms with van der Waals surface area (Å²) in [5.41, 5.74) is 5.54. The van der Waals surface area contributed by atoms with Gasteiger partial charge in [-0.1, -0.05) is 0 Å². The Labute approximate surface area is 166 Å². The van der Waals surface area contributed by atoms with E-state index in [1.165, 1.54) is 30.0 Å². The van der Waals surface area contributed by atoms with Gasteiger partial charge in [0.2, 0.25) is 0 Å². The number of methoxy groups -OCH3 is 1. The summed E-state index contributed by atoms with van der Waals surface area (Å²) in [6.07, 6.45) is 0. The van der Waals surface area contributed by atoms with Gasteiger partial charge in [-0.05, 0) is 12.1 Å². The van der Waals surface area contributed by atoms with Crippen molar-refractivity contribution in [3.63, 3.8) is 0 Å². The SMILES string of the molecule is COC(=O)COc1ccc([N+](=O)[O-])c(COP(N)(=O)N(CCCl)CCCl)c1. The van der Waals surface area contributed by atoms with Crippen molar-refractivity contribution in [1.29, 1.82) is 0 Å². The number of nitro groups is 1. The Kier molecular flexibility index (Phi) is 10.00. The van der Waals surface area contributed by atoms with Gasteiger partial charge in [0.05, 0.1) is 24.2 Å². The molecule has 10 nitrogen and oxygen atoms in total. The smallest absolute Gasteiger partial charge is 0.343 e. The molecule has 0 saturated heterocycles. The van der Waals surface area contributed by atoms with Crippen LogP contribution in [0.3, 0.4) is 0 Å². The highest BCUT2D eigenvalue weighted by Crippen LogP contribution is 2.44. The molecule has 1 unspecified atom stereocenters. The second-order valence-electron chi connectivity index (χ2n) is 5.08. The Balaban J connectivity index is 2.96. The number of esters is 1. The zero-order valence-corrected chi connectivity index (χ0v) is 16.9. The zero-order chi connectivity index (χ0) is 20.4. The van der Waals surface area contributed by atoms with Gasteiger partial charge in [0.25, 0.3) is 5.69 Å². The number of halogens is 2. The Morgan fingerprint density at radius 1 is 1.33 bits per heavy atom. The summed E-state index contributed by atoms with van der Waals surface area (Å²) in [5, 5.41) is 11.2. The number of nitrogens with zero attached hydrogens (tertiary/aromatic N) is 2. The molecule has 0 aliphatic rings. The van der Waals surface area contributed by atoms with Crippen LogP contribution in [0.15, 0.2) is 18.2 Å². The van der Waals surface area contributed by atoms with Crippen LogP contribution < -0.4 is 10.2 Å². The summed E-state index contributed by atoms with van der Waals surface area (Å²) in [5.74, 6) is -0.137. The van der Waals surface area contributed by atoms with E-state index in [1.807, 2.05) is 0 Å². The molecule has 0 aliphatic carbocycles. The van der Waals surface area contributed by atoms with Crippen LogP contribution in [0.2, 0.25) is 0 Å². The fourth-order valence-corrected chi connectivity index (χ4v) is 3.86. The van der Waals surface area contributed by atoms with Crippen LogP contribution in [0.1, 0.15) is 5.56 Å². The first-order valence-corrected chi connectivity index (χ1v) is 10.3. The molecule has 0 bridgehead atoms. The molecular weight excluding hydrogens is 424 g/mol. The van der Waals surface area contributed by atoms with E-state index in [0.29, 0.717) is 0 Å². The number of carbonyl (C=O) groups is 1. The summed E-state index contributed by atoms with van der Waals surface area (Å²) in [6, 6.07) is 3.80. The quantitative estimate of drug-likeness (QED) is 0.170. The first kappa shape index (κ1) is 23.6. The minimum absolute atomic E-state index is 0.0738. The number of nitrogens with two attached hydrogens (primary N) is 1. The minimum Gasteiger partial charge on any atom is -0.482 e. The van der Waals surface area contributed by atoms with Crippen LogP contribution in [-0.4, -0.2) is 54.1 Å². The van der Waals surface area contributed by atoms with Crippen LogP contribution in [0.25, 0.3) is 0 Å². The van der Waals surface area contributed by atoms with Crippen LogP contribution in [0.5, 0.6) is 5.75 Å². The van der Waals surface area contributed by atoms with Gasteiger partial charge in [-0.3, -0.25) is 14.7 Å². The molecule has 1 aromatic carbocycles. The molecule has 13 heteroatoms. The maximum absolute atomic E-state index is 12.6. The molecule has 0 aliphatic heterocycles. The molecule has 0 amide bonds. The van der Waals surface area contributed by atoms with Gasteiger partial charge in [0.1, 0.15) is 5.75 Å². The van der Waals surface area contributed by atoms with Crippen LogP contribution in [0, 0.1) is 10.1 Å². The normalized spacial score (nSPS) is 13.2. The van der Waals surface area contributed by atoms with Crippen molar-refractivity contribution in [2.75, 3.05) is 38.6 Å². The highest BCUT2D eigenvalue weighted by molar-refractivity contribution is 7.53. The van der Waals surface area contributed by atoms with Crippen molar-refractivity contribution in [3.8, 4) is 5.75 Å². The number of hydrogen-bond acceptors (Lipinski definition) is 7. The van der Waals surface area contributed by atoms with Gasteiger partial charge in [0, 0.05) is 30.9 Å². The molecular formula is C14H20Cl2N3O7P. The monoisotopic (exact) mass is 443 g/mol. The third kappa shape index (κ3) is 7.61. The van der Waals surface area contributed by atoms with Gasteiger partial charge in [0.15, 0.2) is 6.61 Å². The Morgan fingerprint density at radius 3 is 2.48 bits per heavy atom. The highest BCUT2D eigenvalue weighted by Gasteiger charge is 2.28. The topological polar surface area (TPSA) is 134 Å². The Bertz CT molecular complexity index is 701. The fourth-order valence-electron chi connectivity index (χ4n) is 1.98. The van der Waals surface area contributed by atoms with Crippen molar-refractivity contribution in [1.82, 2.24) is 4.67 Å². The third-order valence-corrected chi connectivity index (χ3v) is 5.34. The number of hydrogen-bond donors (Lipinski definition) is 1. The lowest BCUT2D eigenvalue weighted by atomic mass is 10.2. The number of ether oxygens (including phenoxy) is 2. The van der Waals surface area contributed by atoms with Crippen molar-refractivity contribution in [2.45, 2.75) is 6.61 Å². The lowest BCUT2D eigenvalue weighted by Crippen LogP contribution is -2.29. The predicted octanol–water partition coefficient (Wildman–Crippen LogP) is 2.51. The molecule has 1 aromatic rings. The van der Waals surface area contributed by atoms with Gasteiger partial charge in [-0.25, -0.2) is 15.0 Å². The number of rotatable bonds is 12. The van der Waals surface area contributed by atoms with E-state index in [2.05, 4.69) is 4.74 Å². The van der Waals surface area contributed by atoms with Gasteiger partial charge in [-0.15, -0.1) is 23.2 Å². The molecule has 27 heavy (non-hydrogen) atoms. The van der Waals surface area contributed by atoms with Crippen LogP contribution in [-0.2, 0) is 25.2 Å². The average molecular weight is 444 g/mol. The molecule has 1 atom stereocenters. The highest BCUT2D eigenvalue weighted by atomic mass is 35.5. The average Bonchev–Trinajstić information content (AvgIpc) is 2.64. The molecule has 0 fully saturated rings. The van der Waals surface area contributed by atoms with Gasteiger partial charge < -0.3 is 14.0 Å². The first-order valence-electron chi connectivity index (χ1n) is 7.62. The second-order valence-corrected chi connectivity index (χ2v) is 7.79. The predicted molar refractivity (Wildman–Crippen MR) is 100 cm³/mol. The first-order chi connectivity index (χ1) is 12.7. The van der Waals surface area contributed by atoms with E-state index in [4.69, 9.17) is 38.0 Å². The Morgan fingerprint density at radius 2 is 1.96 bits per heavy atom. The summed E-state index contributed by atoms with van der Waals surface area (Å²) in [4.78, 5) is 21.7. The van der Waals surface area contributed by atoms with Gasteiger partial charge in [-0.2, -0.15) is 0 Å². The number of nitro benzene ring substituents is 1. The van der Waals surface area contributed by atoms with Crippen molar-refractivity contribution >= 4 is 42.5 Å². The molecule has 0 heterocycles. The summed E-state index contributed by atoms with van der Waals surface area (Å²) in [6.45, 7) is -0.442. The van der Waals surface area contributed by atoms with Gasteiger partial charge >= 0.3 is 13.6 Å². The summed E-state index contributed by atoms with van der Waals surface area (Å²) < 4.78 is 28.8. The molecule has 0 spiro atoms. The largest absolute Gasteiger partial charge is 0.482 e. The zero-order valence-electron chi connectivity index (χ0n) is 14.5. The lowest BCUT2D eigenvalue weighted by molar-refractivity contribution is -0.385. The maximum Gasteiger partial charge on any atom is 0.343 e. The van der Waals surface area contributed by atoms with Crippen LogP contribution in [0.4, 0.5) is 5.69 Å². The van der Waals surface area contributed by atoms with Crippen molar-refractivity contribution < 1.29 is 28.3 Å². The lowest BCUT2D eigenvalue weighted by Gasteiger charge is -2.26. The Hall–Kier alpha value is -1.42. The van der Waals surface area contributed by atoms with E-state index < -0.39 is 25.2 Å². The van der Waals surface area contributed by atoms with Crippen molar-refractivity contribution in [3.05, 3.63) is 33.9 Å². The maximum atomic E-state index is 12.6. The molecule has 0 aromatic heterocycles. The molecule has 1 rings (SSSR count). The fraction of sp³-hybridized carbons (Fsp3) is 0.500. The van der Waals surface area contributed by atoms with E-state index >= 15 is 0 Å². The minimum atomic E-state index is -3.78. The third-order valence-electron chi connectivity index (χ3n) is 3.32. The summed E-state index contributed by atoms with van der Waals surface area (Å²) in [7, 11) is -2.57. The van der Waals surface area contributed by atoms with Crippen molar-refractivity contribution in [2.24, 2.45) is 5.50 Å². The number of alkyl halides is 2. The van der Waals surface area contributed by atoms with Crippen LogP contribution >= 0.6 is 30.9 Å². The standard InChI is InChI=1S/C14H20Cl2N3O7P/c1-24-14(20)10-25-12-2-3-13(19(21)22)11(8-12)9-26-27(17,23)18(6-4-15)7-5-16/h2-3,8H,4-7,9-10H2,1H3,(H2,17,23). The summed E-state index contributed by atoms with van der Waals surface area (Å²) >= 11 is 11.3. The molecule has 0 radical (unpaired) electrons. The van der Waals surface area contributed by atoms with E-state index in [-0.39, 0.29) is 48.5 Å². The molecule has 2 N–H and O–H groups in total.